The molecule has 298 valence electrons. The Bertz CT molecular complexity index is 3950. The van der Waals surface area contributed by atoms with Crippen LogP contribution in [0.3, 0.4) is 0 Å². The monoisotopic (exact) mass is 849 g/mol. The van der Waals surface area contributed by atoms with Crippen LogP contribution >= 0.6 is 22.7 Å². The lowest BCUT2D eigenvalue weighted by Crippen LogP contribution is -1.96. The predicted molar refractivity (Wildman–Crippen MR) is 273 cm³/mol. The summed E-state index contributed by atoms with van der Waals surface area (Å²) in [5.41, 5.74) is 12.7. The lowest BCUT2D eigenvalue weighted by molar-refractivity contribution is 1.18. The smallest absolute Gasteiger partial charge is 0.160 e. The first kappa shape index (κ1) is 36.8. The van der Waals surface area contributed by atoms with Crippen molar-refractivity contribution in [2.45, 2.75) is 0 Å². The number of benzene rings is 9. The highest BCUT2D eigenvalue weighted by atomic mass is 32.1. The second-order valence-electron chi connectivity index (χ2n) is 16.3. The molecule has 0 aliphatic carbocycles. The van der Waals surface area contributed by atoms with Crippen LogP contribution in [0, 0.1) is 0 Å². The Morgan fingerprint density at radius 2 is 0.891 bits per heavy atom. The summed E-state index contributed by atoms with van der Waals surface area (Å²) in [4.78, 5) is 16.0. The summed E-state index contributed by atoms with van der Waals surface area (Å²) in [7, 11) is 0. The van der Waals surface area contributed by atoms with Crippen molar-refractivity contribution in [3.63, 3.8) is 0 Å². The molecule has 13 aromatic rings. The molecule has 0 saturated carbocycles. The highest BCUT2D eigenvalue weighted by Gasteiger charge is 2.21. The minimum atomic E-state index is 0.686. The van der Waals surface area contributed by atoms with Crippen molar-refractivity contribution in [3.05, 3.63) is 212 Å². The number of thiophene rings is 2. The summed E-state index contributed by atoms with van der Waals surface area (Å²) >= 11 is 3.69. The van der Waals surface area contributed by atoms with E-state index in [2.05, 4.69) is 206 Å². The highest BCUT2D eigenvalue weighted by molar-refractivity contribution is 7.26. The topological polar surface area (TPSA) is 38.7 Å². The van der Waals surface area contributed by atoms with Gasteiger partial charge in [0.25, 0.3) is 0 Å². The first-order chi connectivity index (χ1) is 31.7. The molecule has 0 bridgehead atoms. The average Bonchev–Trinajstić information content (AvgIpc) is 3.95. The van der Waals surface area contributed by atoms with Gasteiger partial charge in [-0.3, -0.25) is 0 Å². The van der Waals surface area contributed by atoms with Crippen LogP contribution in [0.5, 0.6) is 0 Å². The third-order valence-corrected chi connectivity index (χ3v) is 14.9. The molecule has 0 fully saturated rings. The Morgan fingerprint density at radius 3 is 1.75 bits per heavy atom. The molecule has 5 heteroatoms. The maximum absolute atomic E-state index is 5.49. The van der Waals surface area contributed by atoms with Crippen LogP contribution in [0.25, 0.3) is 129 Å². The number of rotatable bonds is 6. The second kappa shape index (κ2) is 14.9. The standard InChI is InChI=1S/C59H35N3S2/c1-2-15-38(16-3-1)50-35-51(41-19-10-18-40(34-41)44-24-12-26-47-45-21-6-8-28-52(45)63-57(44)47)62-59(61-50)39-32-30-37(31-33-39)43-23-13-27-49-54(43)55-48-22-7-9-29-53(48)64-58(55)56(60-49)46-25-11-17-36-14-4-5-20-42(36)46/h1-35H. The van der Waals surface area contributed by atoms with Crippen molar-refractivity contribution in [2.75, 3.05) is 0 Å². The average molecular weight is 850 g/mol. The maximum Gasteiger partial charge on any atom is 0.160 e. The number of hydrogen-bond donors (Lipinski definition) is 0. The van der Waals surface area contributed by atoms with Crippen LogP contribution in [0.1, 0.15) is 0 Å². The minimum absolute atomic E-state index is 0.686. The molecule has 0 radical (unpaired) electrons. The van der Waals surface area contributed by atoms with E-state index in [4.69, 9.17) is 15.0 Å². The van der Waals surface area contributed by atoms with Gasteiger partial charge in [-0.2, -0.15) is 0 Å². The lowest BCUT2D eigenvalue weighted by Gasteiger charge is -2.14. The van der Waals surface area contributed by atoms with E-state index in [0.717, 1.165) is 56.0 Å². The summed E-state index contributed by atoms with van der Waals surface area (Å²) in [6, 6.07) is 75.9. The number of pyridine rings is 1. The van der Waals surface area contributed by atoms with Crippen LogP contribution in [0.4, 0.5) is 0 Å². The maximum atomic E-state index is 5.49. The Morgan fingerprint density at radius 1 is 0.312 bits per heavy atom. The first-order valence-corrected chi connectivity index (χ1v) is 23.1. The van der Waals surface area contributed by atoms with E-state index in [9.17, 15) is 0 Å². The molecule has 9 aromatic carbocycles. The van der Waals surface area contributed by atoms with E-state index in [-0.39, 0.29) is 0 Å². The summed E-state index contributed by atoms with van der Waals surface area (Å²) in [5.74, 6) is 0.686. The van der Waals surface area contributed by atoms with Crippen molar-refractivity contribution in [1.29, 1.82) is 0 Å². The number of aromatic nitrogens is 3. The molecule has 4 aromatic heterocycles. The van der Waals surface area contributed by atoms with Gasteiger partial charge in [0.1, 0.15) is 0 Å². The summed E-state index contributed by atoms with van der Waals surface area (Å²) in [5, 5.41) is 8.69. The quantitative estimate of drug-likeness (QED) is 0.167. The van der Waals surface area contributed by atoms with Crippen molar-refractivity contribution >= 4 is 84.7 Å². The van der Waals surface area contributed by atoms with Crippen LogP contribution in [-0.2, 0) is 0 Å². The van der Waals surface area contributed by atoms with Gasteiger partial charge >= 0.3 is 0 Å². The van der Waals surface area contributed by atoms with Crippen LogP contribution in [0.15, 0.2) is 212 Å². The van der Waals surface area contributed by atoms with Crippen LogP contribution in [-0.4, -0.2) is 15.0 Å². The van der Waals surface area contributed by atoms with Crippen LogP contribution in [0.2, 0.25) is 0 Å². The molecule has 0 N–H and O–H groups in total. The molecule has 0 unspecified atom stereocenters. The predicted octanol–water partition coefficient (Wildman–Crippen LogP) is 16.9. The van der Waals surface area contributed by atoms with Crippen molar-refractivity contribution < 1.29 is 0 Å². The Balaban J connectivity index is 0.941. The van der Waals surface area contributed by atoms with Crippen LogP contribution < -0.4 is 0 Å². The molecule has 13 rings (SSSR count). The zero-order chi connectivity index (χ0) is 42.1. The summed E-state index contributed by atoms with van der Waals surface area (Å²) in [6.45, 7) is 0. The Kier molecular flexibility index (Phi) is 8.58. The van der Waals surface area contributed by atoms with Gasteiger partial charge in [0.15, 0.2) is 5.82 Å². The van der Waals surface area contributed by atoms with Gasteiger partial charge in [0.2, 0.25) is 0 Å². The number of hydrogen-bond acceptors (Lipinski definition) is 5. The first-order valence-electron chi connectivity index (χ1n) is 21.5. The third-order valence-electron chi connectivity index (χ3n) is 12.5. The Labute approximate surface area is 377 Å². The second-order valence-corrected chi connectivity index (χ2v) is 18.4. The fraction of sp³-hybridized carbons (Fsp3) is 0. The molecule has 64 heavy (non-hydrogen) atoms. The molecule has 0 aliphatic rings. The van der Waals surface area contributed by atoms with Gasteiger partial charge in [-0.15, -0.1) is 22.7 Å². The van der Waals surface area contributed by atoms with Gasteiger partial charge in [0, 0.05) is 63.3 Å². The third kappa shape index (κ3) is 6.04. The van der Waals surface area contributed by atoms with Gasteiger partial charge in [-0.1, -0.05) is 182 Å². The van der Waals surface area contributed by atoms with E-state index in [1.54, 1.807) is 0 Å². The Hall–Kier alpha value is -7.83. The van der Waals surface area contributed by atoms with E-state index < -0.39 is 0 Å². The molecule has 0 aliphatic heterocycles. The van der Waals surface area contributed by atoms with Gasteiger partial charge in [0.05, 0.1) is 27.3 Å². The van der Waals surface area contributed by atoms with Gasteiger partial charge in [-0.05, 0) is 63.4 Å². The van der Waals surface area contributed by atoms with Crippen molar-refractivity contribution in [1.82, 2.24) is 15.0 Å². The molecule has 0 amide bonds. The SMILES string of the molecule is c1ccc(-c2cc(-c3cccc(-c4cccc5c4sc4ccccc45)c3)nc(-c3ccc(-c4cccc5nc(-c6cccc7ccccc67)c6sc7ccccc7c6c45)cc3)n2)cc1. The normalized spacial score (nSPS) is 11.8. The molecule has 0 atom stereocenters. The number of nitrogens with zero attached hydrogens (tertiary/aromatic N) is 3. The van der Waals surface area contributed by atoms with E-state index in [1.807, 2.05) is 28.7 Å². The molecule has 3 nitrogen and oxygen atoms in total. The van der Waals surface area contributed by atoms with E-state index in [0.29, 0.717) is 5.82 Å². The lowest BCUT2D eigenvalue weighted by atomic mass is 9.94. The van der Waals surface area contributed by atoms with Gasteiger partial charge in [-0.25, -0.2) is 15.0 Å². The molecule has 0 spiro atoms. The summed E-state index contributed by atoms with van der Waals surface area (Å²) < 4.78 is 5.07. The fourth-order valence-electron chi connectivity index (χ4n) is 9.48. The molecular formula is C59H35N3S2. The fourth-order valence-corrected chi connectivity index (χ4v) is 11.9. The van der Waals surface area contributed by atoms with Crippen molar-refractivity contribution in [3.8, 4) is 67.4 Å². The number of fused-ring (bicyclic) bond motifs is 9. The highest BCUT2D eigenvalue weighted by Crippen LogP contribution is 2.47. The molecular weight excluding hydrogens is 815 g/mol. The van der Waals surface area contributed by atoms with E-state index >= 15 is 0 Å². The van der Waals surface area contributed by atoms with Gasteiger partial charge < -0.3 is 0 Å². The van der Waals surface area contributed by atoms with E-state index in [1.165, 1.54) is 67.6 Å². The zero-order valence-electron chi connectivity index (χ0n) is 34.4. The zero-order valence-corrected chi connectivity index (χ0v) is 36.0. The van der Waals surface area contributed by atoms with Crippen molar-refractivity contribution in [2.24, 2.45) is 0 Å². The summed E-state index contributed by atoms with van der Waals surface area (Å²) in [6.07, 6.45) is 0. The minimum Gasteiger partial charge on any atom is -0.246 e. The molecule has 0 saturated heterocycles. The molecule has 4 heterocycles. The largest absolute Gasteiger partial charge is 0.246 e.